The van der Waals surface area contributed by atoms with Crippen molar-refractivity contribution in [3.8, 4) is 5.75 Å². The van der Waals surface area contributed by atoms with E-state index in [4.69, 9.17) is 9.84 Å². The van der Waals surface area contributed by atoms with Crippen molar-refractivity contribution in [3.05, 3.63) is 24.3 Å². The number of ether oxygens (including phenoxy) is 1. The molecule has 0 aliphatic rings. The predicted molar refractivity (Wildman–Crippen MR) is 62.5 cm³/mol. The fraction of sp³-hybridized carbons (Fsp3) is 0.417. The molecule has 4 heteroatoms. The minimum Gasteiger partial charge on any atom is -0.497 e. The van der Waals surface area contributed by atoms with Crippen LogP contribution in [0.3, 0.4) is 0 Å². The highest BCUT2D eigenvalue weighted by atomic mass is 16.5. The molecule has 1 unspecified atom stereocenters. The Balaban J connectivity index is 2.62. The van der Waals surface area contributed by atoms with E-state index in [9.17, 15) is 4.79 Å². The Hall–Kier alpha value is -1.55. The fourth-order valence-electron chi connectivity index (χ4n) is 1.32. The normalized spacial score (nSPS) is 11.9. The van der Waals surface area contributed by atoms with Crippen LogP contribution in [0.15, 0.2) is 24.3 Å². The highest BCUT2D eigenvalue weighted by Crippen LogP contribution is 2.16. The van der Waals surface area contributed by atoms with E-state index in [1.54, 1.807) is 31.4 Å². The van der Waals surface area contributed by atoms with Gasteiger partial charge in [-0.3, -0.25) is 4.79 Å². The number of aliphatic hydroxyl groups excluding tert-OH is 1. The third kappa shape index (κ3) is 3.24. The SMILES string of the molecule is CCC(CO)C(=O)Nc1ccc(OC)cc1. The monoisotopic (exact) mass is 223 g/mol. The van der Waals surface area contributed by atoms with Crippen LogP contribution < -0.4 is 10.1 Å². The van der Waals surface area contributed by atoms with E-state index in [-0.39, 0.29) is 18.4 Å². The van der Waals surface area contributed by atoms with Gasteiger partial charge in [-0.25, -0.2) is 0 Å². The van der Waals surface area contributed by atoms with E-state index >= 15 is 0 Å². The van der Waals surface area contributed by atoms with Crippen LogP contribution in [0.2, 0.25) is 0 Å². The first-order chi connectivity index (χ1) is 7.71. The first-order valence-electron chi connectivity index (χ1n) is 5.27. The minimum absolute atomic E-state index is 0.126. The second-order valence-electron chi connectivity index (χ2n) is 3.51. The zero-order valence-electron chi connectivity index (χ0n) is 9.56. The molecule has 1 aromatic rings. The quantitative estimate of drug-likeness (QED) is 0.798. The van der Waals surface area contributed by atoms with E-state index in [1.165, 1.54) is 0 Å². The lowest BCUT2D eigenvalue weighted by Crippen LogP contribution is -2.24. The first kappa shape index (κ1) is 12.5. The molecule has 0 saturated heterocycles. The van der Waals surface area contributed by atoms with Gasteiger partial charge >= 0.3 is 0 Å². The van der Waals surface area contributed by atoms with Gasteiger partial charge in [0.15, 0.2) is 0 Å². The Bertz CT molecular complexity index is 331. The highest BCUT2D eigenvalue weighted by Gasteiger charge is 2.14. The molecule has 16 heavy (non-hydrogen) atoms. The van der Waals surface area contributed by atoms with Crippen LogP contribution >= 0.6 is 0 Å². The molecule has 0 aromatic heterocycles. The maximum absolute atomic E-state index is 11.6. The molecule has 0 aliphatic heterocycles. The van der Waals surface area contributed by atoms with Crippen LogP contribution in [-0.2, 0) is 4.79 Å². The number of rotatable bonds is 5. The molecule has 1 aromatic carbocycles. The van der Waals surface area contributed by atoms with E-state index in [1.807, 2.05) is 6.92 Å². The van der Waals surface area contributed by atoms with Gasteiger partial charge < -0.3 is 15.2 Å². The summed E-state index contributed by atoms with van der Waals surface area (Å²) in [6, 6.07) is 7.08. The van der Waals surface area contributed by atoms with E-state index in [2.05, 4.69) is 5.32 Å². The molecule has 0 aliphatic carbocycles. The summed E-state index contributed by atoms with van der Waals surface area (Å²) in [7, 11) is 1.59. The van der Waals surface area contributed by atoms with E-state index in [0.29, 0.717) is 12.1 Å². The highest BCUT2D eigenvalue weighted by molar-refractivity contribution is 5.92. The molecule has 88 valence electrons. The molecule has 0 bridgehead atoms. The van der Waals surface area contributed by atoms with Crippen molar-refractivity contribution in [1.29, 1.82) is 0 Å². The molecule has 0 saturated carbocycles. The molecular formula is C12H17NO3. The summed E-state index contributed by atoms with van der Waals surface area (Å²) in [5.41, 5.74) is 0.706. The van der Waals surface area contributed by atoms with Gasteiger partial charge in [0.25, 0.3) is 0 Å². The fourth-order valence-corrected chi connectivity index (χ4v) is 1.32. The molecule has 2 N–H and O–H groups in total. The van der Waals surface area contributed by atoms with Crippen molar-refractivity contribution in [3.63, 3.8) is 0 Å². The Labute approximate surface area is 95.2 Å². The molecule has 1 atom stereocenters. The molecule has 0 radical (unpaired) electrons. The molecule has 0 fully saturated rings. The number of carbonyl (C=O) groups is 1. The number of methoxy groups -OCH3 is 1. The second-order valence-corrected chi connectivity index (χ2v) is 3.51. The Morgan fingerprint density at radius 1 is 1.44 bits per heavy atom. The van der Waals surface area contributed by atoms with Gasteiger partial charge in [0.2, 0.25) is 5.91 Å². The maximum atomic E-state index is 11.6. The Kier molecular flexibility index (Phi) is 4.79. The topological polar surface area (TPSA) is 58.6 Å². The number of benzene rings is 1. The van der Waals surface area contributed by atoms with E-state index in [0.717, 1.165) is 5.75 Å². The largest absolute Gasteiger partial charge is 0.497 e. The van der Waals surface area contributed by atoms with Crippen LogP contribution in [0.1, 0.15) is 13.3 Å². The Morgan fingerprint density at radius 3 is 2.50 bits per heavy atom. The number of carbonyl (C=O) groups excluding carboxylic acids is 1. The van der Waals surface area contributed by atoms with Crippen LogP contribution in [0.25, 0.3) is 0 Å². The van der Waals surface area contributed by atoms with Crippen LogP contribution in [0.5, 0.6) is 5.75 Å². The molecular weight excluding hydrogens is 206 g/mol. The molecule has 1 rings (SSSR count). The Morgan fingerprint density at radius 2 is 2.06 bits per heavy atom. The summed E-state index contributed by atoms with van der Waals surface area (Å²) in [5.74, 6) is 0.240. The number of anilines is 1. The molecule has 0 spiro atoms. The second kappa shape index (κ2) is 6.12. The van der Waals surface area contributed by atoms with Crippen LogP contribution in [-0.4, -0.2) is 24.7 Å². The lowest BCUT2D eigenvalue weighted by atomic mass is 10.1. The standard InChI is InChI=1S/C12H17NO3/c1-3-9(8-14)12(15)13-10-4-6-11(16-2)7-5-10/h4-7,9,14H,3,8H2,1-2H3,(H,13,15). The van der Waals surface area contributed by atoms with Crippen molar-refractivity contribution in [2.45, 2.75) is 13.3 Å². The van der Waals surface area contributed by atoms with Crippen molar-refractivity contribution < 1.29 is 14.6 Å². The number of amides is 1. The summed E-state index contributed by atoms with van der Waals surface area (Å²) in [5, 5.41) is 11.7. The molecule has 1 amide bonds. The lowest BCUT2D eigenvalue weighted by Gasteiger charge is -2.12. The maximum Gasteiger partial charge on any atom is 0.229 e. The van der Waals surface area contributed by atoms with E-state index < -0.39 is 0 Å². The lowest BCUT2D eigenvalue weighted by molar-refractivity contribution is -0.121. The van der Waals surface area contributed by atoms with Gasteiger partial charge in [-0.1, -0.05) is 6.92 Å². The summed E-state index contributed by atoms with van der Waals surface area (Å²) in [6.45, 7) is 1.74. The number of nitrogens with one attached hydrogen (secondary N) is 1. The van der Waals surface area contributed by atoms with Crippen molar-refractivity contribution in [1.82, 2.24) is 0 Å². The third-order valence-electron chi connectivity index (χ3n) is 2.44. The van der Waals surface area contributed by atoms with Gasteiger partial charge in [-0.2, -0.15) is 0 Å². The number of hydrogen-bond acceptors (Lipinski definition) is 3. The van der Waals surface area contributed by atoms with Gasteiger partial charge in [0.1, 0.15) is 5.75 Å². The summed E-state index contributed by atoms with van der Waals surface area (Å²) < 4.78 is 5.01. The average Bonchev–Trinajstić information content (AvgIpc) is 2.31. The van der Waals surface area contributed by atoms with Crippen LogP contribution in [0, 0.1) is 5.92 Å². The molecule has 0 heterocycles. The predicted octanol–water partition coefficient (Wildman–Crippen LogP) is 1.65. The average molecular weight is 223 g/mol. The number of aliphatic hydroxyl groups is 1. The third-order valence-corrected chi connectivity index (χ3v) is 2.44. The van der Waals surface area contributed by atoms with Crippen molar-refractivity contribution in [2.75, 3.05) is 19.0 Å². The molecule has 4 nitrogen and oxygen atoms in total. The first-order valence-corrected chi connectivity index (χ1v) is 5.27. The summed E-state index contributed by atoms with van der Waals surface area (Å²) in [6.07, 6.45) is 0.624. The zero-order valence-corrected chi connectivity index (χ0v) is 9.56. The van der Waals surface area contributed by atoms with Crippen molar-refractivity contribution >= 4 is 11.6 Å². The number of hydrogen-bond donors (Lipinski definition) is 2. The zero-order chi connectivity index (χ0) is 12.0. The summed E-state index contributed by atoms with van der Waals surface area (Å²) in [4.78, 5) is 11.6. The van der Waals surface area contributed by atoms with Crippen molar-refractivity contribution in [2.24, 2.45) is 5.92 Å². The summed E-state index contributed by atoms with van der Waals surface area (Å²) >= 11 is 0. The van der Waals surface area contributed by atoms with Crippen LogP contribution in [0.4, 0.5) is 5.69 Å². The van der Waals surface area contributed by atoms with Gasteiger partial charge in [-0.15, -0.1) is 0 Å². The smallest absolute Gasteiger partial charge is 0.229 e. The minimum atomic E-state index is -0.345. The van der Waals surface area contributed by atoms with Gasteiger partial charge in [0, 0.05) is 5.69 Å². The van der Waals surface area contributed by atoms with Gasteiger partial charge in [-0.05, 0) is 30.7 Å². The van der Waals surface area contributed by atoms with Gasteiger partial charge in [0.05, 0.1) is 19.6 Å².